The number of rotatable bonds is 8. The van der Waals surface area contributed by atoms with Crippen LogP contribution < -0.4 is 5.32 Å². The molecule has 1 aromatic carbocycles. The van der Waals surface area contributed by atoms with Crippen LogP contribution in [0.3, 0.4) is 0 Å². The predicted molar refractivity (Wildman–Crippen MR) is 93.0 cm³/mol. The standard InChI is InChI=1S/C19H22N2O4/c1-13(2)11-23-12-16(18-8-5-9-24-18)20-19(22)10-15-14-6-3-4-7-17(14)25-21-15/h3-9,13,16H,10-12H2,1-2H3,(H,20,22). The van der Waals surface area contributed by atoms with E-state index in [4.69, 9.17) is 13.7 Å². The van der Waals surface area contributed by atoms with Crippen molar-refractivity contribution < 1.29 is 18.5 Å². The third-order valence-electron chi connectivity index (χ3n) is 3.74. The highest BCUT2D eigenvalue weighted by molar-refractivity contribution is 5.86. The average Bonchev–Trinajstić information content (AvgIpc) is 3.24. The summed E-state index contributed by atoms with van der Waals surface area (Å²) in [4.78, 5) is 12.5. The molecular formula is C19H22N2O4. The number of furan rings is 1. The zero-order chi connectivity index (χ0) is 17.6. The summed E-state index contributed by atoms with van der Waals surface area (Å²) in [6.45, 7) is 5.14. The maximum Gasteiger partial charge on any atom is 0.226 e. The largest absolute Gasteiger partial charge is 0.467 e. The molecule has 0 saturated heterocycles. The van der Waals surface area contributed by atoms with Gasteiger partial charge in [0.1, 0.15) is 17.5 Å². The van der Waals surface area contributed by atoms with Crippen LogP contribution in [-0.4, -0.2) is 24.3 Å². The number of aromatic nitrogens is 1. The minimum Gasteiger partial charge on any atom is -0.467 e. The molecule has 0 bridgehead atoms. The molecule has 0 saturated carbocycles. The molecule has 2 heterocycles. The molecule has 1 N–H and O–H groups in total. The number of para-hydroxylation sites is 1. The SMILES string of the molecule is CC(C)COCC(NC(=O)Cc1noc2ccccc12)c1ccco1. The Hall–Kier alpha value is -2.60. The smallest absolute Gasteiger partial charge is 0.226 e. The van der Waals surface area contributed by atoms with Crippen LogP contribution >= 0.6 is 0 Å². The summed E-state index contributed by atoms with van der Waals surface area (Å²) in [5, 5.41) is 7.81. The quantitative estimate of drug-likeness (QED) is 0.678. The highest BCUT2D eigenvalue weighted by atomic mass is 16.5. The Morgan fingerprint density at radius 3 is 2.80 bits per heavy atom. The lowest BCUT2D eigenvalue weighted by molar-refractivity contribution is -0.122. The first kappa shape index (κ1) is 17.2. The van der Waals surface area contributed by atoms with Crippen LogP contribution in [0, 0.1) is 5.92 Å². The van der Waals surface area contributed by atoms with Crippen LogP contribution in [0.1, 0.15) is 31.3 Å². The van der Waals surface area contributed by atoms with E-state index in [0.717, 1.165) is 5.39 Å². The first-order chi connectivity index (χ1) is 12.1. The van der Waals surface area contributed by atoms with Crippen molar-refractivity contribution in [3.8, 4) is 0 Å². The lowest BCUT2D eigenvalue weighted by atomic mass is 10.1. The van der Waals surface area contributed by atoms with E-state index >= 15 is 0 Å². The Kier molecular flexibility index (Phi) is 5.50. The van der Waals surface area contributed by atoms with Gasteiger partial charge in [-0.15, -0.1) is 0 Å². The van der Waals surface area contributed by atoms with Crippen molar-refractivity contribution in [2.75, 3.05) is 13.2 Å². The molecule has 6 nitrogen and oxygen atoms in total. The Labute approximate surface area is 146 Å². The molecule has 3 rings (SSSR count). The topological polar surface area (TPSA) is 77.5 Å². The van der Waals surface area contributed by atoms with Gasteiger partial charge in [0.2, 0.25) is 5.91 Å². The van der Waals surface area contributed by atoms with E-state index in [9.17, 15) is 4.79 Å². The van der Waals surface area contributed by atoms with Crippen LogP contribution in [0.4, 0.5) is 0 Å². The number of carbonyl (C=O) groups is 1. The minimum absolute atomic E-state index is 0.137. The number of hydrogen-bond acceptors (Lipinski definition) is 5. The van der Waals surface area contributed by atoms with Crippen molar-refractivity contribution in [3.05, 3.63) is 54.1 Å². The Morgan fingerprint density at radius 1 is 1.20 bits per heavy atom. The minimum atomic E-state index is -0.334. The number of ether oxygens (including phenoxy) is 1. The molecule has 1 atom stereocenters. The molecule has 0 aliphatic rings. The maximum atomic E-state index is 12.5. The van der Waals surface area contributed by atoms with Crippen LogP contribution in [0.2, 0.25) is 0 Å². The summed E-state index contributed by atoms with van der Waals surface area (Å²) in [6, 6.07) is 10.8. The Bertz CT molecular complexity index is 808. The normalized spacial score (nSPS) is 12.6. The first-order valence-electron chi connectivity index (χ1n) is 8.37. The van der Waals surface area contributed by atoms with Crippen LogP contribution in [0.5, 0.6) is 0 Å². The second kappa shape index (κ2) is 7.98. The molecule has 0 radical (unpaired) electrons. The van der Waals surface area contributed by atoms with Gasteiger partial charge < -0.3 is 19.0 Å². The maximum absolute atomic E-state index is 12.5. The van der Waals surface area contributed by atoms with E-state index in [1.807, 2.05) is 30.3 Å². The van der Waals surface area contributed by atoms with Gasteiger partial charge in [-0.2, -0.15) is 0 Å². The summed E-state index contributed by atoms with van der Waals surface area (Å²) in [7, 11) is 0. The fourth-order valence-electron chi connectivity index (χ4n) is 2.57. The van der Waals surface area contributed by atoms with Crippen molar-refractivity contribution in [1.29, 1.82) is 0 Å². The van der Waals surface area contributed by atoms with Gasteiger partial charge in [0.25, 0.3) is 0 Å². The number of fused-ring (bicyclic) bond motifs is 1. The zero-order valence-electron chi connectivity index (χ0n) is 14.4. The van der Waals surface area contributed by atoms with Gasteiger partial charge in [0.05, 0.1) is 19.3 Å². The summed E-state index contributed by atoms with van der Waals surface area (Å²) < 4.78 is 16.4. The van der Waals surface area contributed by atoms with Crippen LogP contribution in [0.25, 0.3) is 11.0 Å². The van der Waals surface area contributed by atoms with Crippen molar-refractivity contribution in [2.45, 2.75) is 26.3 Å². The number of nitrogens with one attached hydrogen (secondary N) is 1. The lowest BCUT2D eigenvalue weighted by Gasteiger charge is -2.17. The van der Waals surface area contributed by atoms with E-state index in [0.29, 0.717) is 36.2 Å². The number of hydrogen-bond donors (Lipinski definition) is 1. The summed E-state index contributed by atoms with van der Waals surface area (Å²) in [6.07, 6.45) is 1.72. The molecular weight excluding hydrogens is 320 g/mol. The van der Waals surface area contributed by atoms with Crippen molar-refractivity contribution in [1.82, 2.24) is 10.5 Å². The van der Waals surface area contributed by atoms with Gasteiger partial charge in [-0.3, -0.25) is 4.79 Å². The average molecular weight is 342 g/mol. The molecule has 0 aliphatic heterocycles. The first-order valence-corrected chi connectivity index (χ1v) is 8.37. The third kappa shape index (κ3) is 4.48. The van der Waals surface area contributed by atoms with Crippen LogP contribution in [0.15, 0.2) is 51.6 Å². The van der Waals surface area contributed by atoms with E-state index < -0.39 is 0 Å². The molecule has 6 heteroatoms. The molecule has 3 aromatic rings. The summed E-state index contributed by atoms with van der Waals surface area (Å²) in [5.74, 6) is 0.935. The second-order valence-corrected chi connectivity index (χ2v) is 6.37. The molecule has 1 amide bonds. The zero-order valence-corrected chi connectivity index (χ0v) is 14.4. The lowest BCUT2D eigenvalue weighted by Crippen LogP contribution is -2.33. The van der Waals surface area contributed by atoms with Gasteiger partial charge in [-0.05, 0) is 30.2 Å². The van der Waals surface area contributed by atoms with Crippen molar-refractivity contribution in [3.63, 3.8) is 0 Å². The van der Waals surface area contributed by atoms with E-state index in [1.54, 1.807) is 12.3 Å². The molecule has 25 heavy (non-hydrogen) atoms. The summed E-state index contributed by atoms with van der Waals surface area (Å²) in [5.41, 5.74) is 1.29. The molecule has 0 aliphatic carbocycles. The number of amides is 1. The van der Waals surface area contributed by atoms with E-state index in [-0.39, 0.29) is 18.4 Å². The predicted octanol–water partition coefficient (Wildman–Crippen LogP) is 3.49. The number of carbonyl (C=O) groups excluding carboxylic acids is 1. The highest BCUT2D eigenvalue weighted by Gasteiger charge is 2.19. The van der Waals surface area contributed by atoms with Gasteiger partial charge >= 0.3 is 0 Å². The van der Waals surface area contributed by atoms with Crippen molar-refractivity contribution >= 4 is 16.9 Å². The fourth-order valence-corrected chi connectivity index (χ4v) is 2.57. The van der Waals surface area contributed by atoms with Gasteiger partial charge in [0, 0.05) is 12.0 Å². The third-order valence-corrected chi connectivity index (χ3v) is 3.74. The molecule has 0 spiro atoms. The molecule has 132 valence electrons. The number of benzene rings is 1. The van der Waals surface area contributed by atoms with Crippen LogP contribution in [-0.2, 0) is 16.0 Å². The summed E-state index contributed by atoms with van der Waals surface area (Å²) >= 11 is 0. The van der Waals surface area contributed by atoms with E-state index in [1.165, 1.54) is 0 Å². The molecule has 1 unspecified atom stereocenters. The van der Waals surface area contributed by atoms with E-state index in [2.05, 4.69) is 24.3 Å². The number of nitrogens with zero attached hydrogens (tertiary/aromatic N) is 1. The second-order valence-electron chi connectivity index (χ2n) is 6.37. The molecule has 0 fully saturated rings. The Balaban J connectivity index is 1.65. The highest BCUT2D eigenvalue weighted by Crippen LogP contribution is 2.19. The monoisotopic (exact) mass is 342 g/mol. The molecule has 2 aromatic heterocycles. The Morgan fingerprint density at radius 2 is 2.04 bits per heavy atom. The van der Waals surface area contributed by atoms with Gasteiger partial charge in [0.15, 0.2) is 5.58 Å². The van der Waals surface area contributed by atoms with Gasteiger partial charge in [-0.25, -0.2) is 0 Å². The van der Waals surface area contributed by atoms with Gasteiger partial charge in [-0.1, -0.05) is 31.1 Å². The van der Waals surface area contributed by atoms with Crippen molar-refractivity contribution in [2.24, 2.45) is 5.92 Å². The fraction of sp³-hybridized carbons (Fsp3) is 0.368.